The van der Waals surface area contributed by atoms with Crippen molar-refractivity contribution in [2.24, 2.45) is 0 Å². The first-order chi connectivity index (χ1) is 19.1. The Kier molecular flexibility index (Phi) is 12.7. The zero-order valence-corrected chi connectivity index (χ0v) is 23.3. The average molecular weight is 557 g/mol. The van der Waals surface area contributed by atoms with E-state index >= 15 is 0 Å². The first-order valence-electron chi connectivity index (χ1n) is 12.5. The summed E-state index contributed by atoms with van der Waals surface area (Å²) in [5.74, 6) is -0.225. The third-order valence-corrected chi connectivity index (χ3v) is 5.29. The maximum absolute atomic E-state index is 12.3. The van der Waals surface area contributed by atoms with Crippen LogP contribution in [0.25, 0.3) is 6.08 Å². The van der Waals surface area contributed by atoms with E-state index in [0.717, 1.165) is 5.56 Å². The van der Waals surface area contributed by atoms with Gasteiger partial charge in [-0.2, -0.15) is 0 Å². The van der Waals surface area contributed by atoms with Crippen LogP contribution in [0.15, 0.2) is 54.6 Å². The van der Waals surface area contributed by atoms with Crippen LogP contribution in [0.2, 0.25) is 0 Å². The molecule has 216 valence electrons. The normalized spacial score (nSPS) is 10.7. The van der Waals surface area contributed by atoms with Gasteiger partial charge in [0.15, 0.2) is 23.0 Å². The minimum atomic E-state index is -0.659. The van der Waals surface area contributed by atoms with E-state index in [1.54, 1.807) is 30.3 Å². The molecule has 40 heavy (non-hydrogen) atoms. The van der Waals surface area contributed by atoms with Gasteiger partial charge in [0.1, 0.15) is 13.2 Å². The standard InChI is InChI=1S/C30H36O10/c1-19(2)29(33)39-27-23(35-5)15-21(9-7-11-31)17-25(27)37-13-14-38-26-18-22(10-8-12-32)16-24(36-6)28(26)40-30(34)20(3)4/h7,9,15-18,31-32H,1,3,8,10-14H2,2,4-6H3/b9-7+. The van der Waals surface area contributed by atoms with Crippen LogP contribution in [-0.2, 0) is 16.0 Å². The van der Waals surface area contributed by atoms with Crippen LogP contribution < -0.4 is 28.4 Å². The number of aliphatic hydroxyl groups excluding tert-OH is 2. The van der Waals surface area contributed by atoms with Crippen LogP contribution in [0.3, 0.4) is 0 Å². The molecule has 2 aromatic rings. The topological polar surface area (TPSA) is 130 Å². The molecule has 0 aliphatic carbocycles. The van der Waals surface area contributed by atoms with Gasteiger partial charge in [-0.15, -0.1) is 0 Å². The molecule has 0 aliphatic heterocycles. The van der Waals surface area contributed by atoms with Gasteiger partial charge in [0.25, 0.3) is 0 Å². The molecule has 10 heteroatoms. The molecule has 0 unspecified atom stereocenters. The summed E-state index contributed by atoms with van der Waals surface area (Å²) in [6.45, 7) is 10.1. The number of hydrogen-bond donors (Lipinski definition) is 2. The molecule has 2 rings (SSSR count). The molecule has 2 N–H and O–H groups in total. The quantitative estimate of drug-likeness (QED) is 0.135. The summed E-state index contributed by atoms with van der Waals surface area (Å²) in [6.07, 6.45) is 4.25. The maximum Gasteiger partial charge on any atom is 0.338 e. The van der Waals surface area contributed by atoms with Crippen molar-refractivity contribution in [3.63, 3.8) is 0 Å². The van der Waals surface area contributed by atoms with Crippen molar-refractivity contribution in [2.45, 2.75) is 26.7 Å². The van der Waals surface area contributed by atoms with E-state index in [2.05, 4.69) is 13.2 Å². The van der Waals surface area contributed by atoms with Gasteiger partial charge in [0.05, 0.1) is 20.8 Å². The summed E-state index contributed by atoms with van der Waals surface area (Å²) >= 11 is 0. The maximum atomic E-state index is 12.3. The van der Waals surface area contributed by atoms with E-state index < -0.39 is 11.9 Å². The summed E-state index contributed by atoms with van der Waals surface area (Å²) in [7, 11) is 2.86. The zero-order chi connectivity index (χ0) is 29.7. The highest BCUT2D eigenvalue weighted by atomic mass is 16.6. The monoisotopic (exact) mass is 556 g/mol. The van der Waals surface area contributed by atoms with Gasteiger partial charge in [-0.1, -0.05) is 25.3 Å². The second-order valence-corrected chi connectivity index (χ2v) is 8.62. The Morgan fingerprint density at radius 1 is 0.800 bits per heavy atom. The highest BCUT2D eigenvalue weighted by molar-refractivity contribution is 5.90. The van der Waals surface area contributed by atoms with Crippen LogP contribution in [-0.4, -0.2) is 62.8 Å². The third kappa shape index (κ3) is 9.18. The van der Waals surface area contributed by atoms with Crippen molar-refractivity contribution in [3.05, 3.63) is 65.8 Å². The molecule has 0 aliphatic rings. The van der Waals surface area contributed by atoms with Crippen molar-refractivity contribution in [3.8, 4) is 34.5 Å². The van der Waals surface area contributed by atoms with Crippen molar-refractivity contribution < 1.29 is 48.2 Å². The SMILES string of the molecule is C=C(C)C(=O)Oc1c(OC)cc(/C=C/CO)cc1OCCOc1cc(CCCO)cc(OC)c1OC(=O)C(=C)C. The molecule has 0 fully saturated rings. The number of aryl methyl sites for hydroxylation is 1. The Bertz CT molecular complexity index is 1250. The second-order valence-electron chi connectivity index (χ2n) is 8.62. The largest absolute Gasteiger partial charge is 0.493 e. The number of benzene rings is 2. The lowest BCUT2D eigenvalue weighted by Gasteiger charge is -2.18. The van der Waals surface area contributed by atoms with E-state index in [-0.39, 0.29) is 72.1 Å². The number of hydrogen-bond acceptors (Lipinski definition) is 10. The van der Waals surface area contributed by atoms with E-state index in [9.17, 15) is 14.7 Å². The number of rotatable bonds is 16. The highest BCUT2D eigenvalue weighted by Crippen LogP contribution is 2.41. The van der Waals surface area contributed by atoms with Crippen LogP contribution in [0.5, 0.6) is 34.5 Å². The predicted molar refractivity (Wildman–Crippen MR) is 149 cm³/mol. The smallest absolute Gasteiger partial charge is 0.338 e. The van der Waals surface area contributed by atoms with E-state index in [4.69, 9.17) is 33.5 Å². The fourth-order valence-electron chi connectivity index (χ4n) is 3.32. The van der Waals surface area contributed by atoms with Crippen LogP contribution >= 0.6 is 0 Å². The van der Waals surface area contributed by atoms with E-state index in [1.165, 1.54) is 34.1 Å². The third-order valence-electron chi connectivity index (χ3n) is 5.29. The summed E-state index contributed by atoms with van der Waals surface area (Å²) in [6, 6.07) is 6.65. The van der Waals surface area contributed by atoms with Crippen molar-refractivity contribution in [1.29, 1.82) is 0 Å². The molecule has 0 saturated heterocycles. The Hall–Kier alpha value is -4.28. The molecule has 0 amide bonds. The summed E-state index contributed by atoms with van der Waals surface area (Å²) in [4.78, 5) is 24.5. The molecule has 0 heterocycles. The molecule has 2 aromatic carbocycles. The van der Waals surface area contributed by atoms with Crippen molar-refractivity contribution in [1.82, 2.24) is 0 Å². The van der Waals surface area contributed by atoms with Gasteiger partial charge in [-0.05, 0) is 62.1 Å². The molecule has 0 spiro atoms. The predicted octanol–water partition coefficient (Wildman–Crippen LogP) is 4.06. The van der Waals surface area contributed by atoms with Crippen LogP contribution in [0.4, 0.5) is 0 Å². The molecular formula is C30H36O10. The lowest BCUT2D eigenvalue weighted by molar-refractivity contribution is -0.131. The van der Waals surface area contributed by atoms with Crippen LogP contribution in [0, 0.1) is 0 Å². The molecular weight excluding hydrogens is 520 g/mol. The molecule has 0 atom stereocenters. The first-order valence-corrected chi connectivity index (χ1v) is 12.5. The molecule has 10 nitrogen and oxygen atoms in total. The molecule has 0 saturated carbocycles. The number of methoxy groups -OCH3 is 2. The number of esters is 2. The van der Waals surface area contributed by atoms with Crippen LogP contribution in [0.1, 0.15) is 31.4 Å². The zero-order valence-electron chi connectivity index (χ0n) is 23.3. The number of aliphatic hydroxyl groups is 2. The van der Waals surface area contributed by atoms with Gasteiger partial charge in [0.2, 0.25) is 11.5 Å². The average Bonchev–Trinajstić information content (AvgIpc) is 2.94. The summed E-state index contributed by atoms with van der Waals surface area (Å²) in [5.41, 5.74) is 1.82. The van der Waals surface area contributed by atoms with Gasteiger partial charge in [-0.3, -0.25) is 0 Å². The highest BCUT2D eigenvalue weighted by Gasteiger charge is 2.21. The fourth-order valence-corrected chi connectivity index (χ4v) is 3.32. The summed E-state index contributed by atoms with van der Waals surface area (Å²) < 4.78 is 33.6. The first kappa shape index (κ1) is 31.9. The minimum Gasteiger partial charge on any atom is -0.493 e. The van der Waals surface area contributed by atoms with Gasteiger partial charge < -0.3 is 38.6 Å². The number of carbonyl (C=O) groups is 2. The Morgan fingerprint density at radius 3 is 1.75 bits per heavy atom. The molecule has 0 radical (unpaired) electrons. The Labute approximate surface area is 234 Å². The second kappa shape index (κ2) is 16.0. The lowest BCUT2D eigenvalue weighted by Crippen LogP contribution is -2.15. The molecule has 0 bridgehead atoms. The fraction of sp³-hybridized carbons (Fsp3) is 0.333. The summed E-state index contributed by atoms with van der Waals surface area (Å²) in [5, 5.41) is 18.4. The van der Waals surface area contributed by atoms with E-state index in [0.29, 0.717) is 18.4 Å². The number of carbonyl (C=O) groups excluding carboxylic acids is 2. The lowest BCUT2D eigenvalue weighted by atomic mass is 10.1. The van der Waals surface area contributed by atoms with E-state index in [1.807, 2.05) is 0 Å². The van der Waals surface area contributed by atoms with Gasteiger partial charge >= 0.3 is 11.9 Å². The van der Waals surface area contributed by atoms with Gasteiger partial charge in [-0.25, -0.2) is 9.59 Å². The minimum absolute atomic E-state index is 0.00285. The van der Waals surface area contributed by atoms with Crippen molar-refractivity contribution in [2.75, 3.05) is 40.6 Å². The van der Waals surface area contributed by atoms with Crippen molar-refractivity contribution >= 4 is 18.0 Å². The number of ether oxygens (including phenoxy) is 6. The Morgan fingerprint density at radius 2 is 1.27 bits per heavy atom. The Balaban J connectivity index is 2.34. The molecule has 0 aromatic heterocycles. The van der Waals surface area contributed by atoms with Gasteiger partial charge in [0, 0.05) is 17.8 Å².